The molecule has 0 radical (unpaired) electrons. The molecule has 2 aromatic rings. The molecule has 4 nitrogen and oxygen atoms in total. The van der Waals surface area contributed by atoms with Gasteiger partial charge in [0.2, 0.25) is 5.76 Å². The number of hydrogen-bond donors (Lipinski definition) is 0. The Morgan fingerprint density at radius 2 is 1.79 bits per heavy atom. The number of carbonyl (C=O) groups is 1. The van der Waals surface area contributed by atoms with Gasteiger partial charge in [0, 0.05) is 17.5 Å². The van der Waals surface area contributed by atoms with Crippen molar-refractivity contribution in [3.63, 3.8) is 0 Å². The van der Waals surface area contributed by atoms with E-state index in [4.69, 9.17) is 9.15 Å². The van der Waals surface area contributed by atoms with Gasteiger partial charge in [-0.25, -0.2) is 4.79 Å². The number of ether oxygens (including phenoxy) is 1. The van der Waals surface area contributed by atoms with Crippen LogP contribution in [0.1, 0.15) is 43.8 Å². The first-order chi connectivity index (χ1) is 13.1. The molecular formula is C21H26F3NO3. The van der Waals surface area contributed by atoms with Gasteiger partial charge in [0.25, 0.3) is 0 Å². The minimum absolute atomic E-state index is 0.0361. The molecule has 0 aliphatic heterocycles. The third-order valence-corrected chi connectivity index (χ3v) is 4.42. The molecule has 0 amide bonds. The first kappa shape index (κ1) is 22.0. The van der Waals surface area contributed by atoms with Crippen molar-refractivity contribution < 1.29 is 27.1 Å². The van der Waals surface area contributed by atoms with E-state index >= 15 is 0 Å². The lowest BCUT2D eigenvalue weighted by Crippen LogP contribution is -2.37. The maximum atomic E-state index is 12.9. The smallest absolute Gasteiger partial charge is 0.416 e. The van der Waals surface area contributed by atoms with Gasteiger partial charge >= 0.3 is 12.1 Å². The number of hydrogen-bond acceptors (Lipinski definition) is 4. The molecule has 0 fully saturated rings. The lowest BCUT2D eigenvalue weighted by atomic mass is 9.94. The third-order valence-electron chi connectivity index (χ3n) is 4.42. The summed E-state index contributed by atoms with van der Waals surface area (Å²) in [6.07, 6.45) is -4.44. The molecule has 1 aromatic carbocycles. The van der Waals surface area contributed by atoms with E-state index in [9.17, 15) is 18.0 Å². The molecule has 28 heavy (non-hydrogen) atoms. The lowest BCUT2D eigenvalue weighted by Gasteiger charge is -2.30. The van der Waals surface area contributed by atoms with E-state index in [1.54, 1.807) is 0 Å². The fraction of sp³-hybridized carbons (Fsp3) is 0.476. The van der Waals surface area contributed by atoms with Crippen LogP contribution in [-0.2, 0) is 10.9 Å². The fourth-order valence-corrected chi connectivity index (χ4v) is 2.88. The molecular weight excluding hydrogens is 371 g/mol. The second kappa shape index (κ2) is 8.82. The average molecular weight is 397 g/mol. The van der Waals surface area contributed by atoms with Crippen LogP contribution in [0.2, 0.25) is 0 Å². The molecule has 7 heteroatoms. The standard InChI is InChI=1S/C21H26F3NO3/c1-5-25(6-2)13-20(3,4)14-27-19(26)18-11-10-17(28-18)15-8-7-9-16(12-15)21(22,23)24/h7-12H,5-6,13-14H2,1-4H3. The van der Waals surface area contributed by atoms with E-state index in [2.05, 4.69) is 18.7 Å². The summed E-state index contributed by atoms with van der Waals surface area (Å²) in [5.74, 6) is -0.489. The van der Waals surface area contributed by atoms with Gasteiger partial charge in [0.1, 0.15) is 5.76 Å². The quantitative estimate of drug-likeness (QED) is 0.553. The highest BCUT2D eigenvalue weighted by Crippen LogP contribution is 2.32. The van der Waals surface area contributed by atoms with Crippen LogP contribution in [0, 0.1) is 5.41 Å². The van der Waals surface area contributed by atoms with Crippen LogP contribution in [0.3, 0.4) is 0 Å². The molecule has 2 rings (SSSR count). The summed E-state index contributed by atoms with van der Waals surface area (Å²) in [5, 5.41) is 0. The molecule has 0 unspecified atom stereocenters. The topological polar surface area (TPSA) is 42.7 Å². The van der Waals surface area contributed by atoms with Crippen molar-refractivity contribution in [1.82, 2.24) is 4.90 Å². The third kappa shape index (κ3) is 5.86. The average Bonchev–Trinajstić information content (AvgIpc) is 3.14. The van der Waals surface area contributed by atoms with E-state index in [-0.39, 0.29) is 29.1 Å². The number of nitrogens with zero attached hydrogens (tertiary/aromatic N) is 1. The highest BCUT2D eigenvalue weighted by atomic mass is 19.4. The molecule has 1 heterocycles. The predicted molar refractivity (Wildman–Crippen MR) is 101 cm³/mol. The minimum Gasteiger partial charge on any atom is -0.459 e. The zero-order chi connectivity index (χ0) is 20.9. The Labute approximate surface area is 163 Å². The highest BCUT2D eigenvalue weighted by molar-refractivity contribution is 5.87. The van der Waals surface area contributed by atoms with Crippen molar-refractivity contribution in [2.75, 3.05) is 26.2 Å². The fourth-order valence-electron chi connectivity index (χ4n) is 2.88. The zero-order valence-electron chi connectivity index (χ0n) is 16.6. The van der Waals surface area contributed by atoms with Gasteiger partial charge in [0.05, 0.1) is 12.2 Å². The van der Waals surface area contributed by atoms with Gasteiger partial charge in [0.15, 0.2) is 0 Å². The molecule has 1 aromatic heterocycles. The lowest BCUT2D eigenvalue weighted by molar-refractivity contribution is -0.137. The second-order valence-corrected chi connectivity index (χ2v) is 7.44. The number of halogens is 3. The SMILES string of the molecule is CCN(CC)CC(C)(C)COC(=O)c1ccc(-c2cccc(C(F)(F)F)c2)o1. The van der Waals surface area contributed by atoms with Gasteiger partial charge in [-0.1, -0.05) is 39.8 Å². The number of carbonyl (C=O) groups excluding carboxylic acids is 1. The minimum atomic E-state index is -4.44. The summed E-state index contributed by atoms with van der Waals surface area (Å²) in [6, 6.07) is 7.65. The predicted octanol–water partition coefficient (Wildman–Crippen LogP) is 5.49. The Morgan fingerprint density at radius 1 is 1.11 bits per heavy atom. The van der Waals surface area contributed by atoms with E-state index in [1.165, 1.54) is 24.3 Å². The van der Waals surface area contributed by atoms with Crippen molar-refractivity contribution in [2.24, 2.45) is 5.41 Å². The van der Waals surface area contributed by atoms with Crippen molar-refractivity contribution in [1.29, 1.82) is 0 Å². The molecule has 0 aliphatic carbocycles. The number of esters is 1. The Kier molecular flexibility index (Phi) is 6.93. The van der Waals surface area contributed by atoms with Gasteiger partial charge in [-0.15, -0.1) is 0 Å². The van der Waals surface area contributed by atoms with Gasteiger partial charge in [-0.05, 0) is 37.4 Å². The van der Waals surface area contributed by atoms with E-state index in [0.717, 1.165) is 31.8 Å². The molecule has 0 aliphatic rings. The van der Waals surface area contributed by atoms with Crippen molar-refractivity contribution in [2.45, 2.75) is 33.9 Å². The maximum absolute atomic E-state index is 12.9. The Bertz CT molecular complexity index is 792. The number of furan rings is 1. The van der Waals surface area contributed by atoms with Crippen LogP contribution in [0.5, 0.6) is 0 Å². The van der Waals surface area contributed by atoms with Gasteiger partial charge in [-0.3, -0.25) is 0 Å². The van der Waals surface area contributed by atoms with Crippen LogP contribution in [0.15, 0.2) is 40.8 Å². The Hall–Kier alpha value is -2.28. The second-order valence-electron chi connectivity index (χ2n) is 7.44. The molecule has 0 atom stereocenters. The molecule has 0 bridgehead atoms. The summed E-state index contributed by atoms with van der Waals surface area (Å²) in [5.41, 5.74) is -0.766. The summed E-state index contributed by atoms with van der Waals surface area (Å²) in [6.45, 7) is 11.0. The van der Waals surface area contributed by atoms with E-state index in [1.807, 2.05) is 13.8 Å². The largest absolute Gasteiger partial charge is 0.459 e. The number of benzene rings is 1. The molecule has 154 valence electrons. The first-order valence-electron chi connectivity index (χ1n) is 9.22. The van der Waals surface area contributed by atoms with Crippen molar-refractivity contribution in [3.8, 4) is 11.3 Å². The van der Waals surface area contributed by atoms with Crippen LogP contribution >= 0.6 is 0 Å². The Balaban J connectivity index is 2.05. The maximum Gasteiger partial charge on any atom is 0.416 e. The number of alkyl halides is 3. The van der Waals surface area contributed by atoms with E-state index < -0.39 is 17.7 Å². The molecule has 0 N–H and O–H groups in total. The van der Waals surface area contributed by atoms with Crippen molar-refractivity contribution >= 4 is 5.97 Å². The number of rotatable bonds is 8. The van der Waals surface area contributed by atoms with Gasteiger partial charge < -0.3 is 14.1 Å². The van der Waals surface area contributed by atoms with Crippen LogP contribution < -0.4 is 0 Å². The van der Waals surface area contributed by atoms with Crippen molar-refractivity contribution in [3.05, 3.63) is 47.7 Å². The monoisotopic (exact) mass is 397 g/mol. The first-order valence-corrected chi connectivity index (χ1v) is 9.22. The zero-order valence-corrected chi connectivity index (χ0v) is 16.6. The molecule has 0 spiro atoms. The normalized spacial score (nSPS) is 12.4. The van der Waals surface area contributed by atoms with Gasteiger partial charge in [-0.2, -0.15) is 13.2 Å². The summed E-state index contributed by atoms with van der Waals surface area (Å²) in [7, 11) is 0. The van der Waals surface area contributed by atoms with Crippen LogP contribution in [-0.4, -0.2) is 37.1 Å². The van der Waals surface area contributed by atoms with Crippen LogP contribution in [0.25, 0.3) is 11.3 Å². The molecule has 0 saturated heterocycles. The Morgan fingerprint density at radius 3 is 2.39 bits per heavy atom. The molecule has 0 saturated carbocycles. The summed E-state index contributed by atoms with van der Waals surface area (Å²) in [4.78, 5) is 14.5. The highest BCUT2D eigenvalue weighted by Gasteiger charge is 2.31. The van der Waals surface area contributed by atoms with E-state index in [0.29, 0.717) is 0 Å². The van der Waals surface area contributed by atoms with Crippen LogP contribution in [0.4, 0.5) is 13.2 Å². The summed E-state index contributed by atoms with van der Waals surface area (Å²) >= 11 is 0. The summed E-state index contributed by atoms with van der Waals surface area (Å²) < 4.78 is 49.4.